The maximum atomic E-state index is 12.4. The van der Waals surface area contributed by atoms with Crippen LogP contribution >= 0.6 is 11.8 Å². The molecule has 3 rings (SSSR count). The molecule has 0 saturated carbocycles. The first-order valence-electron chi connectivity index (χ1n) is 9.64. The Labute approximate surface area is 175 Å². The van der Waals surface area contributed by atoms with E-state index in [1.807, 2.05) is 29.7 Å². The lowest BCUT2D eigenvalue weighted by Crippen LogP contribution is -2.14. The molecule has 2 aromatic heterocycles. The molecule has 1 N–H and O–H groups in total. The first-order valence-corrected chi connectivity index (χ1v) is 10.6. The Kier molecular flexibility index (Phi) is 6.93. The number of amides is 1. The average molecular weight is 411 g/mol. The van der Waals surface area contributed by atoms with E-state index < -0.39 is 0 Å². The Hall–Kier alpha value is -2.80. The van der Waals surface area contributed by atoms with Gasteiger partial charge in [0.15, 0.2) is 11.0 Å². The number of anilines is 1. The van der Waals surface area contributed by atoms with E-state index >= 15 is 0 Å². The predicted molar refractivity (Wildman–Crippen MR) is 117 cm³/mol. The zero-order chi connectivity index (χ0) is 20.8. The van der Waals surface area contributed by atoms with Gasteiger partial charge >= 0.3 is 0 Å². The number of rotatable bonds is 9. The number of benzene rings is 1. The molecule has 2 heterocycles. The molecule has 0 aliphatic carbocycles. The summed E-state index contributed by atoms with van der Waals surface area (Å²) in [5.74, 6) is 2.16. The van der Waals surface area contributed by atoms with Gasteiger partial charge < -0.3 is 9.73 Å². The SMILES string of the molecule is C=CCn1c(SCC(=O)Nc2ccc([C@@H](C)CC)cc2)nnc1-c1ccoc1C. The van der Waals surface area contributed by atoms with Gasteiger partial charge in [-0.2, -0.15) is 0 Å². The molecule has 1 aromatic carbocycles. The Bertz CT molecular complexity index is 975. The zero-order valence-electron chi connectivity index (χ0n) is 17.0. The van der Waals surface area contributed by atoms with Gasteiger partial charge in [0, 0.05) is 12.2 Å². The van der Waals surface area contributed by atoms with Gasteiger partial charge in [-0.25, -0.2) is 0 Å². The van der Waals surface area contributed by atoms with E-state index in [0.29, 0.717) is 23.4 Å². The van der Waals surface area contributed by atoms with E-state index in [4.69, 9.17) is 4.42 Å². The summed E-state index contributed by atoms with van der Waals surface area (Å²) in [4.78, 5) is 12.4. The second kappa shape index (κ2) is 9.60. The summed E-state index contributed by atoms with van der Waals surface area (Å²) in [6.07, 6.45) is 4.50. The highest BCUT2D eigenvalue weighted by Gasteiger charge is 2.17. The maximum absolute atomic E-state index is 12.4. The van der Waals surface area contributed by atoms with Crippen LogP contribution in [-0.4, -0.2) is 26.4 Å². The molecule has 0 unspecified atom stereocenters. The van der Waals surface area contributed by atoms with E-state index in [9.17, 15) is 4.79 Å². The van der Waals surface area contributed by atoms with Gasteiger partial charge in [0.05, 0.1) is 17.6 Å². The summed E-state index contributed by atoms with van der Waals surface area (Å²) in [5.41, 5.74) is 2.96. The molecule has 0 bridgehead atoms. The molecule has 0 aliphatic heterocycles. The molecule has 0 radical (unpaired) electrons. The van der Waals surface area contributed by atoms with E-state index in [-0.39, 0.29) is 11.7 Å². The average Bonchev–Trinajstić information content (AvgIpc) is 3.32. The van der Waals surface area contributed by atoms with E-state index in [1.165, 1.54) is 17.3 Å². The zero-order valence-corrected chi connectivity index (χ0v) is 17.8. The minimum Gasteiger partial charge on any atom is -0.469 e. The van der Waals surface area contributed by atoms with Crippen molar-refractivity contribution in [2.45, 2.75) is 44.8 Å². The third-order valence-electron chi connectivity index (χ3n) is 4.84. The van der Waals surface area contributed by atoms with Crippen LogP contribution in [0.2, 0.25) is 0 Å². The molecule has 6 nitrogen and oxygen atoms in total. The molecule has 152 valence electrons. The molecular formula is C22H26N4O2S. The van der Waals surface area contributed by atoms with Gasteiger partial charge in [-0.3, -0.25) is 9.36 Å². The third-order valence-corrected chi connectivity index (χ3v) is 5.80. The second-order valence-electron chi connectivity index (χ2n) is 6.86. The van der Waals surface area contributed by atoms with Crippen molar-refractivity contribution in [2.75, 3.05) is 11.1 Å². The topological polar surface area (TPSA) is 73.0 Å². The lowest BCUT2D eigenvalue weighted by Gasteiger charge is -2.10. The van der Waals surface area contributed by atoms with Crippen LogP contribution in [0.25, 0.3) is 11.4 Å². The summed E-state index contributed by atoms with van der Waals surface area (Å²) >= 11 is 1.35. The largest absolute Gasteiger partial charge is 0.469 e. The number of aromatic nitrogens is 3. The number of carbonyl (C=O) groups excluding carboxylic acids is 1. The quantitative estimate of drug-likeness (QED) is 0.384. The van der Waals surface area contributed by atoms with Crippen LogP contribution in [-0.2, 0) is 11.3 Å². The number of furan rings is 1. The fourth-order valence-electron chi connectivity index (χ4n) is 2.96. The van der Waals surface area contributed by atoms with Crippen molar-refractivity contribution in [1.29, 1.82) is 0 Å². The van der Waals surface area contributed by atoms with Crippen molar-refractivity contribution in [3.8, 4) is 11.4 Å². The van der Waals surface area contributed by atoms with E-state index in [0.717, 1.165) is 23.4 Å². The highest BCUT2D eigenvalue weighted by atomic mass is 32.2. The standard InChI is InChI=1S/C22H26N4O2S/c1-5-12-26-21(19-11-13-28-16(19)4)24-25-22(26)29-14-20(27)23-18-9-7-17(8-10-18)15(3)6-2/h5,7-11,13,15H,1,6,12,14H2,2-4H3,(H,23,27)/t15-/m0/s1. The van der Waals surface area contributed by atoms with Crippen LogP contribution < -0.4 is 5.32 Å². The molecule has 29 heavy (non-hydrogen) atoms. The van der Waals surface area contributed by atoms with E-state index in [2.05, 4.69) is 48.1 Å². The van der Waals surface area contributed by atoms with Crippen molar-refractivity contribution < 1.29 is 9.21 Å². The highest BCUT2D eigenvalue weighted by molar-refractivity contribution is 7.99. The third kappa shape index (κ3) is 4.98. The summed E-state index contributed by atoms with van der Waals surface area (Å²) in [6.45, 7) is 10.6. The van der Waals surface area contributed by atoms with Crippen molar-refractivity contribution in [1.82, 2.24) is 14.8 Å². The molecule has 1 amide bonds. The first-order chi connectivity index (χ1) is 14.0. The molecule has 1 atom stereocenters. The monoisotopic (exact) mass is 410 g/mol. The summed E-state index contributed by atoms with van der Waals surface area (Å²) in [6, 6.07) is 9.89. The molecule has 3 aromatic rings. The number of allylic oxidation sites excluding steroid dienone is 1. The minimum absolute atomic E-state index is 0.0829. The second-order valence-corrected chi connectivity index (χ2v) is 7.81. The van der Waals surface area contributed by atoms with Crippen LogP contribution in [0.15, 0.2) is 58.8 Å². The van der Waals surface area contributed by atoms with Gasteiger partial charge in [0.2, 0.25) is 5.91 Å². The van der Waals surface area contributed by atoms with Crippen molar-refractivity contribution >= 4 is 23.4 Å². The number of aryl methyl sites for hydroxylation is 1. The Balaban J connectivity index is 1.65. The van der Waals surface area contributed by atoms with Gasteiger partial charge in [-0.1, -0.05) is 43.8 Å². The van der Waals surface area contributed by atoms with Gasteiger partial charge in [0.25, 0.3) is 0 Å². The Morgan fingerprint density at radius 2 is 2.07 bits per heavy atom. The normalized spacial score (nSPS) is 12.0. The van der Waals surface area contributed by atoms with Crippen LogP contribution in [0.4, 0.5) is 5.69 Å². The van der Waals surface area contributed by atoms with Gasteiger partial charge in [-0.05, 0) is 43.0 Å². The van der Waals surface area contributed by atoms with Crippen molar-refractivity contribution in [3.05, 3.63) is 60.6 Å². The molecule has 0 saturated heterocycles. The number of nitrogens with zero attached hydrogens (tertiary/aromatic N) is 3. The summed E-state index contributed by atoms with van der Waals surface area (Å²) in [5, 5.41) is 12.2. The highest BCUT2D eigenvalue weighted by Crippen LogP contribution is 2.27. The molecule has 7 heteroatoms. The molecule has 0 aliphatic rings. The Morgan fingerprint density at radius 1 is 1.31 bits per heavy atom. The smallest absolute Gasteiger partial charge is 0.234 e. The van der Waals surface area contributed by atoms with E-state index in [1.54, 1.807) is 12.3 Å². The number of thioether (sulfide) groups is 1. The minimum atomic E-state index is -0.0829. The Morgan fingerprint density at radius 3 is 2.69 bits per heavy atom. The lowest BCUT2D eigenvalue weighted by atomic mass is 9.99. The van der Waals surface area contributed by atoms with Crippen LogP contribution in [0, 0.1) is 6.92 Å². The number of hydrogen-bond acceptors (Lipinski definition) is 5. The fraction of sp³-hybridized carbons (Fsp3) is 0.318. The van der Waals surface area contributed by atoms with Crippen LogP contribution in [0.3, 0.4) is 0 Å². The van der Waals surface area contributed by atoms with Crippen LogP contribution in [0.5, 0.6) is 0 Å². The van der Waals surface area contributed by atoms with Gasteiger partial charge in [-0.15, -0.1) is 16.8 Å². The number of hydrogen-bond donors (Lipinski definition) is 1. The van der Waals surface area contributed by atoms with Crippen LogP contribution in [0.1, 0.15) is 37.5 Å². The summed E-state index contributed by atoms with van der Waals surface area (Å²) < 4.78 is 7.31. The predicted octanol–water partition coefficient (Wildman–Crippen LogP) is 5.28. The van der Waals surface area contributed by atoms with Gasteiger partial charge in [0.1, 0.15) is 5.76 Å². The number of nitrogens with one attached hydrogen (secondary N) is 1. The fourth-order valence-corrected chi connectivity index (χ4v) is 3.71. The summed E-state index contributed by atoms with van der Waals surface area (Å²) in [7, 11) is 0. The lowest BCUT2D eigenvalue weighted by molar-refractivity contribution is -0.113. The first kappa shape index (κ1) is 20.9. The number of carbonyl (C=O) groups is 1. The molecular weight excluding hydrogens is 384 g/mol. The maximum Gasteiger partial charge on any atom is 0.234 e. The van der Waals surface area contributed by atoms with Crippen molar-refractivity contribution in [3.63, 3.8) is 0 Å². The molecule has 0 spiro atoms. The molecule has 0 fully saturated rings. The van der Waals surface area contributed by atoms with Crippen molar-refractivity contribution in [2.24, 2.45) is 0 Å².